The van der Waals surface area contributed by atoms with Gasteiger partial charge in [0.25, 0.3) is 0 Å². The summed E-state index contributed by atoms with van der Waals surface area (Å²) in [6, 6.07) is 0. The molecule has 0 spiro atoms. The van der Waals surface area contributed by atoms with Gasteiger partial charge in [0, 0.05) is 11.9 Å². The van der Waals surface area contributed by atoms with E-state index in [0.29, 0.717) is 0 Å². The van der Waals surface area contributed by atoms with Gasteiger partial charge in [-0.3, -0.25) is 0 Å². The molecular formula is C3H3NO3S. The van der Waals surface area contributed by atoms with Gasteiger partial charge in [0.1, 0.15) is 11.2 Å². The Balaban J connectivity index is 2.57. The van der Waals surface area contributed by atoms with Gasteiger partial charge < -0.3 is 9.94 Å². The van der Waals surface area contributed by atoms with Gasteiger partial charge >= 0.3 is 5.97 Å². The zero-order chi connectivity index (χ0) is 5.98. The van der Waals surface area contributed by atoms with Gasteiger partial charge in [0.2, 0.25) is 0 Å². The first kappa shape index (κ1) is 5.46. The van der Waals surface area contributed by atoms with Gasteiger partial charge in [-0.15, -0.1) is 0 Å². The molecule has 0 unspecified atom stereocenters. The molecule has 1 aliphatic heterocycles. The summed E-state index contributed by atoms with van der Waals surface area (Å²) < 4.78 is 0. The molecule has 0 fully saturated rings. The summed E-state index contributed by atoms with van der Waals surface area (Å²) in [5, 5.41) is 8.20. The molecule has 0 aromatic carbocycles. The highest BCUT2D eigenvalue weighted by molar-refractivity contribution is 8.02. The molecule has 0 saturated heterocycles. The van der Waals surface area contributed by atoms with Crippen molar-refractivity contribution < 1.29 is 14.7 Å². The molecule has 8 heavy (non-hydrogen) atoms. The molecule has 1 rings (SSSR count). The summed E-state index contributed by atoms with van der Waals surface area (Å²) in [5.74, 6) is -0.972. The van der Waals surface area contributed by atoms with Crippen molar-refractivity contribution in [2.24, 2.45) is 0 Å². The van der Waals surface area contributed by atoms with E-state index in [2.05, 4.69) is 9.72 Å². The fraction of sp³-hybridized carbons (Fsp3) is 0. The van der Waals surface area contributed by atoms with E-state index in [1.165, 1.54) is 0 Å². The number of nitrogens with one attached hydrogen (secondary N) is 1. The zero-order valence-corrected chi connectivity index (χ0v) is 4.57. The van der Waals surface area contributed by atoms with E-state index in [1.54, 1.807) is 0 Å². The van der Waals surface area contributed by atoms with Gasteiger partial charge in [-0.05, 0) is 0 Å². The third-order valence-corrected chi connectivity index (χ3v) is 1.25. The van der Waals surface area contributed by atoms with Crippen molar-refractivity contribution in [3.8, 4) is 0 Å². The summed E-state index contributed by atoms with van der Waals surface area (Å²) in [5.41, 5.74) is 0. The van der Waals surface area contributed by atoms with Crippen LogP contribution in [0.15, 0.2) is 11.2 Å². The van der Waals surface area contributed by atoms with E-state index in [-0.39, 0.29) is 4.91 Å². The smallest absolute Gasteiger partial charge is 0.346 e. The monoisotopic (exact) mass is 133 g/mol. The molecule has 44 valence electrons. The third kappa shape index (κ3) is 0.932. The second kappa shape index (κ2) is 2.06. The molecule has 1 heterocycles. The predicted molar refractivity (Wildman–Crippen MR) is 27.5 cm³/mol. The summed E-state index contributed by atoms with van der Waals surface area (Å²) in [4.78, 5) is 16.8. The van der Waals surface area contributed by atoms with Crippen LogP contribution in [0, 0.1) is 0 Å². The Morgan fingerprint density at radius 3 is 3.00 bits per heavy atom. The Morgan fingerprint density at radius 2 is 2.75 bits per heavy atom. The Labute approximate surface area is 49.6 Å². The van der Waals surface area contributed by atoms with Crippen LogP contribution in [-0.2, 0) is 9.63 Å². The minimum absolute atomic E-state index is 0.171. The molecule has 5 heteroatoms. The summed E-state index contributed by atoms with van der Waals surface area (Å²) in [7, 11) is 0. The lowest BCUT2D eigenvalue weighted by atomic mass is 10.6. The van der Waals surface area contributed by atoms with Crippen LogP contribution in [-0.4, -0.2) is 11.1 Å². The molecule has 0 saturated carbocycles. The Bertz CT molecular complexity index is 143. The van der Waals surface area contributed by atoms with Crippen LogP contribution in [0.25, 0.3) is 0 Å². The van der Waals surface area contributed by atoms with Crippen LogP contribution in [0.4, 0.5) is 0 Å². The third-order valence-electron chi connectivity index (χ3n) is 0.576. The molecule has 0 radical (unpaired) electrons. The maximum atomic E-state index is 9.99. The fourth-order valence-corrected chi connectivity index (χ4v) is 0.634. The van der Waals surface area contributed by atoms with Crippen molar-refractivity contribution in [1.29, 1.82) is 0 Å². The first-order chi connectivity index (χ1) is 3.80. The van der Waals surface area contributed by atoms with E-state index < -0.39 is 5.97 Å². The zero-order valence-electron chi connectivity index (χ0n) is 3.75. The molecule has 0 bridgehead atoms. The van der Waals surface area contributed by atoms with E-state index in [9.17, 15) is 4.79 Å². The minimum atomic E-state index is -0.972. The number of carboxylic acid groups (broad SMARTS) is 1. The van der Waals surface area contributed by atoms with E-state index in [0.717, 1.165) is 18.2 Å². The van der Waals surface area contributed by atoms with Crippen molar-refractivity contribution in [3.63, 3.8) is 0 Å². The normalized spacial score (nSPS) is 17.2. The summed E-state index contributed by atoms with van der Waals surface area (Å²) in [6.07, 6.45) is 1.15. The quantitative estimate of drug-likeness (QED) is 0.496. The van der Waals surface area contributed by atoms with Crippen LogP contribution in [0.2, 0.25) is 0 Å². The fourth-order valence-electron chi connectivity index (χ4n) is 0.265. The molecule has 4 nitrogen and oxygen atoms in total. The van der Waals surface area contributed by atoms with Gasteiger partial charge in [-0.1, -0.05) is 4.89 Å². The van der Waals surface area contributed by atoms with Crippen LogP contribution >= 0.6 is 11.9 Å². The lowest BCUT2D eigenvalue weighted by Gasteiger charge is -1.84. The molecule has 1 aliphatic rings. The standard InChI is InChI=1S/C3H3NO3S/c5-3(6)2-1-7-4-8-2/h1,4H,(H,5,6). The number of aliphatic carboxylic acids is 1. The van der Waals surface area contributed by atoms with E-state index >= 15 is 0 Å². The van der Waals surface area contributed by atoms with Crippen LogP contribution < -0.4 is 4.89 Å². The summed E-state index contributed by atoms with van der Waals surface area (Å²) >= 11 is 0.940. The van der Waals surface area contributed by atoms with Crippen molar-refractivity contribution in [2.75, 3.05) is 0 Å². The van der Waals surface area contributed by atoms with Gasteiger partial charge in [-0.2, -0.15) is 0 Å². The van der Waals surface area contributed by atoms with Gasteiger partial charge in [0.15, 0.2) is 0 Å². The van der Waals surface area contributed by atoms with Crippen molar-refractivity contribution >= 4 is 17.9 Å². The number of carbonyl (C=O) groups is 1. The van der Waals surface area contributed by atoms with E-state index in [4.69, 9.17) is 5.11 Å². The first-order valence-electron chi connectivity index (χ1n) is 1.81. The Hall–Kier alpha value is -0.680. The lowest BCUT2D eigenvalue weighted by Crippen LogP contribution is -1.95. The number of carboxylic acids is 1. The predicted octanol–water partition coefficient (Wildman–Crippen LogP) is 0.0954. The van der Waals surface area contributed by atoms with Crippen LogP contribution in [0.5, 0.6) is 0 Å². The maximum Gasteiger partial charge on any atom is 0.346 e. The molecule has 0 amide bonds. The highest BCUT2D eigenvalue weighted by Crippen LogP contribution is 2.16. The molecule has 2 N–H and O–H groups in total. The van der Waals surface area contributed by atoms with Gasteiger partial charge in [0.05, 0.1) is 0 Å². The van der Waals surface area contributed by atoms with Crippen LogP contribution in [0.1, 0.15) is 0 Å². The number of hydrogen-bond acceptors (Lipinski definition) is 4. The average Bonchev–Trinajstić information content (AvgIpc) is 2.12. The Morgan fingerprint density at radius 1 is 2.00 bits per heavy atom. The van der Waals surface area contributed by atoms with Gasteiger partial charge in [-0.25, -0.2) is 4.79 Å². The highest BCUT2D eigenvalue weighted by Gasteiger charge is 2.12. The maximum absolute atomic E-state index is 9.99. The number of rotatable bonds is 1. The average molecular weight is 133 g/mol. The topological polar surface area (TPSA) is 58.6 Å². The number of hydrogen-bond donors (Lipinski definition) is 2. The molecule has 0 aromatic rings. The van der Waals surface area contributed by atoms with E-state index in [1.807, 2.05) is 0 Å². The molecule has 0 atom stereocenters. The molecule has 0 aromatic heterocycles. The molecule has 0 aliphatic carbocycles. The Kier molecular flexibility index (Phi) is 1.40. The van der Waals surface area contributed by atoms with Crippen molar-refractivity contribution in [1.82, 2.24) is 4.89 Å². The van der Waals surface area contributed by atoms with Crippen molar-refractivity contribution in [2.45, 2.75) is 0 Å². The summed E-state index contributed by atoms with van der Waals surface area (Å²) in [6.45, 7) is 0. The lowest BCUT2D eigenvalue weighted by molar-refractivity contribution is -0.131. The first-order valence-corrected chi connectivity index (χ1v) is 2.63. The van der Waals surface area contributed by atoms with Crippen LogP contribution in [0.3, 0.4) is 0 Å². The molecular weight excluding hydrogens is 130 g/mol. The van der Waals surface area contributed by atoms with Crippen molar-refractivity contribution in [3.05, 3.63) is 11.2 Å². The minimum Gasteiger partial charge on any atom is -0.477 e. The SMILES string of the molecule is O=C(O)C1=CONS1. The highest BCUT2D eigenvalue weighted by atomic mass is 32.2. The second-order valence-corrected chi connectivity index (χ2v) is 1.90. The largest absolute Gasteiger partial charge is 0.477 e. The second-order valence-electron chi connectivity index (χ2n) is 1.09.